The summed E-state index contributed by atoms with van der Waals surface area (Å²) >= 11 is 3.57. The van der Waals surface area contributed by atoms with Gasteiger partial charge in [-0.05, 0) is 60.0 Å². The summed E-state index contributed by atoms with van der Waals surface area (Å²) in [7, 11) is 0. The molecule has 0 saturated heterocycles. The second-order valence-corrected chi connectivity index (χ2v) is 5.49. The third-order valence-electron chi connectivity index (χ3n) is 3.16. The molecule has 1 heterocycles. The van der Waals surface area contributed by atoms with Gasteiger partial charge in [0.15, 0.2) is 0 Å². The molecule has 1 aromatic carbocycles. The number of hydrogen-bond donors (Lipinski definition) is 1. The summed E-state index contributed by atoms with van der Waals surface area (Å²) in [5, 5.41) is 8.04. The molecule has 0 radical (unpaired) electrons. The maximum Gasteiger partial charge on any atom is 0.0625 e. The lowest BCUT2D eigenvalue weighted by Crippen LogP contribution is -2.08. The van der Waals surface area contributed by atoms with Gasteiger partial charge in [-0.2, -0.15) is 5.10 Å². The fourth-order valence-electron chi connectivity index (χ4n) is 2.06. The summed E-state index contributed by atoms with van der Waals surface area (Å²) in [6, 6.07) is 8.50. The molecule has 4 heteroatoms. The first-order chi connectivity index (χ1) is 9.13. The molecule has 0 fully saturated rings. The van der Waals surface area contributed by atoms with Gasteiger partial charge in [-0.25, -0.2) is 0 Å². The van der Waals surface area contributed by atoms with Crippen LogP contribution < -0.4 is 5.32 Å². The number of anilines is 1. The Bertz CT molecular complexity index is 561. The monoisotopic (exact) mass is 321 g/mol. The molecule has 0 aliphatic rings. The van der Waals surface area contributed by atoms with Crippen molar-refractivity contribution in [2.24, 2.45) is 0 Å². The van der Waals surface area contributed by atoms with Gasteiger partial charge in [0.2, 0.25) is 0 Å². The number of aromatic nitrogens is 2. The van der Waals surface area contributed by atoms with E-state index < -0.39 is 0 Å². The molecule has 2 aromatic rings. The summed E-state index contributed by atoms with van der Waals surface area (Å²) in [6.07, 6.45) is 0.980. The standard InChI is InChI=1S/C15H20BrN3/c1-4-12-9-13(19(5-2)18-12)10-17-15-8-11(3)6-7-14(15)16/h6-9,17H,4-5,10H2,1-3H3. The molecule has 1 aromatic heterocycles. The van der Waals surface area contributed by atoms with Gasteiger partial charge >= 0.3 is 0 Å². The van der Waals surface area contributed by atoms with E-state index in [4.69, 9.17) is 0 Å². The fraction of sp³-hybridized carbons (Fsp3) is 0.400. The maximum atomic E-state index is 4.56. The lowest BCUT2D eigenvalue weighted by Gasteiger charge is -2.10. The highest BCUT2D eigenvalue weighted by atomic mass is 79.9. The van der Waals surface area contributed by atoms with Crippen LogP contribution >= 0.6 is 15.9 Å². The van der Waals surface area contributed by atoms with Gasteiger partial charge in [0.05, 0.1) is 17.9 Å². The molecule has 2 rings (SSSR count). The Labute approximate surface area is 123 Å². The molecular weight excluding hydrogens is 302 g/mol. The van der Waals surface area contributed by atoms with Crippen LogP contribution in [0.5, 0.6) is 0 Å². The van der Waals surface area contributed by atoms with Gasteiger partial charge in [0.25, 0.3) is 0 Å². The van der Waals surface area contributed by atoms with Gasteiger partial charge in [-0.15, -0.1) is 0 Å². The third kappa shape index (κ3) is 3.38. The highest BCUT2D eigenvalue weighted by Gasteiger charge is 2.06. The van der Waals surface area contributed by atoms with Crippen LogP contribution in [0.1, 0.15) is 30.8 Å². The summed E-state index contributed by atoms with van der Waals surface area (Å²) in [5.74, 6) is 0. The summed E-state index contributed by atoms with van der Waals surface area (Å²) in [5.41, 5.74) is 4.76. The van der Waals surface area contributed by atoms with Crippen LogP contribution in [0.3, 0.4) is 0 Å². The van der Waals surface area contributed by atoms with Crippen molar-refractivity contribution in [1.29, 1.82) is 0 Å². The van der Waals surface area contributed by atoms with Gasteiger partial charge in [-0.3, -0.25) is 4.68 Å². The normalized spacial score (nSPS) is 10.7. The van der Waals surface area contributed by atoms with E-state index in [9.17, 15) is 0 Å². The zero-order valence-electron chi connectivity index (χ0n) is 11.7. The molecule has 3 nitrogen and oxygen atoms in total. The minimum Gasteiger partial charge on any atom is -0.378 e. The molecule has 19 heavy (non-hydrogen) atoms. The fourth-order valence-corrected chi connectivity index (χ4v) is 2.45. The Kier molecular flexibility index (Phi) is 4.64. The quantitative estimate of drug-likeness (QED) is 0.896. The highest BCUT2D eigenvalue weighted by molar-refractivity contribution is 9.10. The summed E-state index contributed by atoms with van der Waals surface area (Å²) < 4.78 is 3.16. The average Bonchev–Trinajstić information content (AvgIpc) is 2.82. The average molecular weight is 322 g/mol. The minimum absolute atomic E-state index is 0.795. The SMILES string of the molecule is CCc1cc(CNc2cc(C)ccc2Br)n(CC)n1. The van der Waals surface area contributed by atoms with Crippen LogP contribution in [0.4, 0.5) is 5.69 Å². The lowest BCUT2D eigenvalue weighted by molar-refractivity contribution is 0.619. The van der Waals surface area contributed by atoms with Crippen molar-refractivity contribution in [2.75, 3.05) is 5.32 Å². The number of hydrogen-bond acceptors (Lipinski definition) is 2. The summed E-state index contributed by atoms with van der Waals surface area (Å²) in [6.45, 7) is 8.06. The van der Waals surface area contributed by atoms with Crippen molar-refractivity contribution in [1.82, 2.24) is 9.78 Å². The first-order valence-corrected chi connectivity index (χ1v) is 7.49. The number of aryl methyl sites for hydroxylation is 3. The van der Waals surface area contributed by atoms with E-state index >= 15 is 0 Å². The van der Waals surface area contributed by atoms with E-state index in [1.54, 1.807) is 0 Å². The van der Waals surface area contributed by atoms with E-state index in [0.717, 1.165) is 35.4 Å². The van der Waals surface area contributed by atoms with Crippen molar-refractivity contribution in [2.45, 2.75) is 40.3 Å². The number of nitrogens with one attached hydrogen (secondary N) is 1. The van der Waals surface area contributed by atoms with Gasteiger partial charge < -0.3 is 5.32 Å². The summed E-state index contributed by atoms with van der Waals surface area (Å²) in [4.78, 5) is 0. The van der Waals surface area contributed by atoms with Crippen LogP contribution in [-0.4, -0.2) is 9.78 Å². The molecule has 0 atom stereocenters. The minimum atomic E-state index is 0.795. The second-order valence-electron chi connectivity index (χ2n) is 4.63. The van der Waals surface area contributed by atoms with Crippen LogP contribution in [0.25, 0.3) is 0 Å². The molecule has 1 N–H and O–H groups in total. The third-order valence-corrected chi connectivity index (χ3v) is 3.85. The molecule has 0 aliphatic carbocycles. The first kappa shape index (κ1) is 14.1. The zero-order chi connectivity index (χ0) is 13.8. The largest absolute Gasteiger partial charge is 0.378 e. The van der Waals surface area contributed by atoms with Crippen LogP contribution in [0.2, 0.25) is 0 Å². The molecule has 0 bridgehead atoms. The second kappa shape index (κ2) is 6.24. The number of rotatable bonds is 5. The number of nitrogens with zero attached hydrogens (tertiary/aromatic N) is 2. The molecule has 0 spiro atoms. The van der Waals surface area contributed by atoms with Gasteiger partial charge in [0, 0.05) is 16.7 Å². The predicted molar refractivity (Wildman–Crippen MR) is 83.5 cm³/mol. The lowest BCUT2D eigenvalue weighted by atomic mass is 10.2. The molecular formula is C15H20BrN3. The van der Waals surface area contributed by atoms with Crippen molar-refractivity contribution in [3.05, 3.63) is 45.7 Å². The molecule has 0 aliphatic heterocycles. The van der Waals surface area contributed by atoms with Crippen molar-refractivity contribution < 1.29 is 0 Å². The number of benzene rings is 1. The van der Waals surface area contributed by atoms with E-state index in [0.29, 0.717) is 0 Å². The zero-order valence-corrected chi connectivity index (χ0v) is 13.3. The Morgan fingerprint density at radius 3 is 2.74 bits per heavy atom. The van der Waals surface area contributed by atoms with Gasteiger partial charge in [-0.1, -0.05) is 13.0 Å². The van der Waals surface area contributed by atoms with Crippen LogP contribution in [0.15, 0.2) is 28.7 Å². The maximum absolute atomic E-state index is 4.56. The van der Waals surface area contributed by atoms with Crippen molar-refractivity contribution in [3.8, 4) is 0 Å². The smallest absolute Gasteiger partial charge is 0.0625 e. The Morgan fingerprint density at radius 2 is 2.05 bits per heavy atom. The molecule has 0 unspecified atom stereocenters. The Hall–Kier alpha value is -1.29. The highest BCUT2D eigenvalue weighted by Crippen LogP contribution is 2.24. The van der Waals surface area contributed by atoms with Crippen molar-refractivity contribution >= 4 is 21.6 Å². The first-order valence-electron chi connectivity index (χ1n) is 6.69. The molecule has 0 saturated carbocycles. The number of halogens is 1. The predicted octanol–water partition coefficient (Wildman–Crippen LogP) is 4.15. The van der Waals surface area contributed by atoms with E-state index in [2.05, 4.69) is 76.1 Å². The molecule has 0 amide bonds. The topological polar surface area (TPSA) is 29.9 Å². The van der Waals surface area contributed by atoms with Crippen LogP contribution in [0, 0.1) is 6.92 Å². The van der Waals surface area contributed by atoms with E-state index in [-0.39, 0.29) is 0 Å². The van der Waals surface area contributed by atoms with Gasteiger partial charge in [0.1, 0.15) is 0 Å². The van der Waals surface area contributed by atoms with E-state index in [1.165, 1.54) is 11.3 Å². The van der Waals surface area contributed by atoms with Crippen LogP contribution in [-0.2, 0) is 19.5 Å². The molecule has 102 valence electrons. The van der Waals surface area contributed by atoms with Crippen molar-refractivity contribution in [3.63, 3.8) is 0 Å². The van der Waals surface area contributed by atoms with E-state index in [1.807, 2.05) is 0 Å². The Morgan fingerprint density at radius 1 is 1.26 bits per heavy atom. The Balaban J connectivity index is 2.13.